The topological polar surface area (TPSA) is 90.4 Å². The van der Waals surface area contributed by atoms with Crippen LogP contribution in [0, 0.1) is 5.82 Å². The first-order valence-electron chi connectivity index (χ1n) is 6.84. The third-order valence-corrected chi connectivity index (χ3v) is 3.23. The SMILES string of the molecule is O=C(Cc1ccc2nc[nH]c2c1)N/N=C/c1ccc(F)cc1O. The number of rotatable bonds is 4. The Balaban J connectivity index is 1.61. The van der Waals surface area contributed by atoms with Gasteiger partial charge in [0.15, 0.2) is 0 Å². The van der Waals surface area contributed by atoms with Crippen molar-refractivity contribution in [3.63, 3.8) is 0 Å². The van der Waals surface area contributed by atoms with Crippen LogP contribution in [-0.2, 0) is 11.2 Å². The van der Waals surface area contributed by atoms with E-state index in [4.69, 9.17) is 0 Å². The molecule has 0 unspecified atom stereocenters. The smallest absolute Gasteiger partial charge is 0.244 e. The molecule has 0 aliphatic carbocycles. The van der Waals surface area contributed by atoms with Gasteiger partial charge in [0.2, 0.25) is 5.91 Å². The van der Waals surface area contributed by atoms with Crippen LogP contribution >= 0.6 is 0 Å². The van der Waals surface area contributed by atoms with E-state index in [0.717, 1.165) is 22.7 Å². The molecule has 1 amide bonds. The molecule has 0 saturated carbocycles. The number of imidazole rings is 1. The quantitative estimate of drug-likeness (QED) is 0.509. The lowest BCUT2D eigenvalue weighted by Gasteiger charge is -2.01. The van der Waals surface area contributed by atoms with Crippen molar-refractivity contribution >= 4 is 23.2 Å². The number of amides is 1. The molecule has 3 N–H and O–H groups in total. The first-order valence-corrected chi connectivity index (χ1v) is 6.84. The van der Waals surface area contributed by atoms with Crippen LogP contribution in [0.4, 0.5) is 4.39 Å². The van der Waals surface area contributed by atoms with Gasteiger partial charge in [0.25, 0.3) is 0 Å². The van der Waals surface area contributed by atoms with Gasteiger partial charge in [-0.2, -0.15) is 5.10 Å². The molecule has 3 aromatic rings. The minimum Gasteiger partial charge on any atom is -0.507 e. The lowest BCUT2D eigenvalue weighted by atomic mass is 10.1. The van der Waals surface area contributed by atoms with Crippen molar-refractivity contribution < 1.29 is 14.3 Å². The van der Waals surface area contributed by atoms with Gasteiger partial charge in [0.05, 0.1) is 30.0 Å². The van der Waals surface area contributed by atoms with Crippen molar-refractivity contribution in [2.75, 3.05) is 0 Å². The Labute approximate surface area is 130 Å². The number of aromatic amines is 1. The van der Waals surface area contributed by atoms with Crippen molar-refractivity contribution in [1.82, 2.24) is 15.4 Å². The number of nitrogens with zero attached hydrogens (tertiary/aromatic N) is 2. The first kappa shape index (κ1) is 14.7. The molecule has 1 heterocycles. The Morgan fingerprint density at radius 2 is 2.22 bits per heavy atom. The zero-order valence-electron chi connectivity index (χ0n) is 12.0. The van der Waals surface area contributed by atoms with E-state index in [9.17, 15) is 14.3 Å². The fraction of sp³-hybridized carbons (Fsp3) is 0.0625. The molecule has 0 aliphatic heterocycles. The molecule has 0 atom stereocenters. The summed E-state index contributed by atoms with van der Waals surface area (Å²) in [6.45, 7) is 0. The second kappa shape index (κ2) is 6.27. The maximum Gasteiger partial charge on any atom is 0.244 e. The normalized spacial score (nSPS) is 11.2. The summed E-state index contributed by atoms with van der Waals surface area (Å²) in [5.74, 6) is -1.09. The highest BCUT2D eigenvalue weighted by Gasteiger charge is 2.05. The Morgan fingerprint density at radius 1 is 1.35 bits per heavy atom. The van der Waals surface area contributed by atoms with Crippen LogP contribution in [-0.4, -0.2) is 27.2 Å². The number of halogens is 1. The number of aromatic nitrogens is 2. The number of carbonyl (C=O) groups excluding carboxylic acids is 1. The van der Waals surface area contributed by atoms with E-state index in [-0.39, 0.29) is 18.1 Å². The van der Waals surface area contributed by atoms with Gasteiger partial charge in [-0.05, 0) is 29.8 Å². The number of phenols is 1. The Hall–Kier alpha value is -3.22. The fourth-order valence-corrected chi connectivity index (χ4v) is 2.12. The Kier molecular flexibility index (Phi) is 4.01. The molecular weight excluding hydrogens is 299 g/mol. The summed E-state index contributed by atoms with van der Waals surface area (Å²) in [5, 5.41) is 13.3. The highest BCUT2D eigenvalue weighted by molar-refractivity contribution is 5.86. The van der Waals surface area contributed by atoms with Crippen LogP contribution in [0.5, 0.6) is 5.75 Å². The largest absolute Gasteiger partial charge is 0.507 e. The third-order valence-electron chi connectivity index (χ3n) is 3.23. The van der Waals surface area contributed by atoms with Crippen molar-refractivity contribution in [2.24, 2.45) is 5.10 Å². The van der Waals surface area contributed by atoms with E-state index < -0.39 is 5.82 Å². The summed E-state index contributed by atoms with van der Waals surface area (Å²) in [6.07, 6.45) is 3.00. The number of carbonyl (C=O) groups is 1. The molecule has 7 heteroatoms. The molecule has 6 nitrogen and oxygen atoms in total. The summed E-state index contributed by atoms with van der Waals surface area (Å²) < 4.78 is 12.8. The molecule has 0 saturated heterocycles. The van der Waals surface area contributed by atoms with Gasteiger partial charge in [-0.3, -0.25) is 4.79 Å². The van der Waals surface area contributed by atoms with Gasteiger partial charge in [0, 0.05) is 11.6 Å². The number of benzene rings is 2. The molecule has 23 heavy (non-hydrogen) atoms. The molecule has 0 bridgehead atoms. The molecule has 0 spiro atoms. The number of H-pyrrole nitrogens is 1. The van der Waals surface area contributed by atoms with Gasteiger partial charge in [-0.25, -0.2) is 14.8 Å². The van der Waals surface area contributed by atoms with E-state index in [1.165, 1.54) is 18.3 Å². The lowest BCUT2D eigenvalue weighted by molar-refractivity contribution is -0.120. The number of aromatic hydroxyl groups is 1. The zero-order valence-corrected chi connectivity index (χ0v) is 12.0. The summed E-state index contributed by atoms with van der Waals surface area (Å²) in [7, 11) is 0. The number of phenolic OH excluding ortho intramolecular Hbond substituents is 1. The van der Waals surface area contributed by atoms with Crippen LogP contribution in [0.15, 0.2) is 47.8 Å². The summed E-state index contributed by atoms with van der Waals surface area (Å²) in [6, 6.07) is 9.03. The van der Waals surface area contributed by atoms with Crippen LogP contribution in [0.2, 0.25) is 0 Å². The molecule has 0 aliphatic rings. The summed E-state index contributed by atoms with van der Waals surface area (Å²) in [5.41, 5.74) is 5.18. The third kappa shape index (κ3) is 3.52. The monoisotopic (exact) mass is 312 g/mol. The lowest BCUT2D eigenvalue weighted by Crippen LogP contribution is -2.19. The van der Waals surface area contributed by atoms with Crippen molar-refractivity contribution in [3.8, 4) is 5.75 Å². The number of hydrogen-bond acceptors (Lipinski definition) is 4. The number of fused-ring (bicyclic) bond motifs is 1. The van der Waals surface area contributed by atoms with Gasteiger partial charge in [-0.1, -0.05) is 6.07 Å². The second-order valence-corrected chi connectivity index (χ2v) is 4.93. The maximum absolute atomic E-state index is 12.8. The molecule has 2 aromatic carbocycles. The van der Waals surface area contributed by atoms with E-state index in [1.807, 2.05) is 18.2 Å². The number of hydrazone groups is 1. The van der Waals surface area contributed by atoms with Gasteiger partial charge in [-0.15, -0.1) is 0 Å². The highest BCUT2D eigenvalue weighted by atomic mass is 19.1. The molecule has 0 radical (unpaired) electrons. The second-order valence-electron chi connectivity index (χ2n) is 4.93. The number of nitrogens with one attached hydrogen (secondary N) is 2. The predicted octanol–water partition coefficient (Wildman–Crippen LogP) is 2.10. The van der Waals surface area contributed by atoms with Crippen LogP contribution in [0.1, 0.15) is 11.1 Å². The van der Waals surface area contributed by atoms with Gasteiger partial charge < -0.3 is 10.1 Å². The minimum absolute atomic E-state index is 0.154. The van der Waals surface area contributed by atoms with Gasteiger partial charge >= 0.3 is 0 Å². The van der Waals surface area contributed by atoms with E-state index in [2.05, 4.69) is 20.5 Å². The van der Waals surface area contributed by atoms with Crippen LogP contribution < -0.4 is 5.43 Å². The Bertz CT molecular complexity index is 889. The number of hydrogen-bond donors (Lipinski definition) is 3. The highest BCUT2D eigenvalue weighted by Crippen LogP contribution is 2.15. The Morgan fingerprint density at radius 3 is 3.04 bits per heavy atom. The first-order chi connectivity index (χ1) is 11.1. The van der Waals surface area contributed by atoms with Crippen molar-refractivity contribution in [3.05, 3.63) is 59.7 Å². The molecular formula is C16H13FN4O2. The molecule has 3 rings (SSSR count). The fourth-order valence-electron chi connectivity index (χ4n) is 2.12. The van der Waals surface area contributed by atoms with Crippen LogP contribution in [0.3, 0.4) is 0 Å². The maximum atomic E-state index is 12.8. The van der Waals surface area contributed by atoms with Crippen molar-refractivity contribution in [2.45, 2.75) is 6.42 Å². The molecule has 116 valence electrons. The van der Waals surface area contributed by atoms with Crippen molar-refractivity contribution in [1.29, 1.82) is 0 Å². The van der Waals surface area contributed by atoms with E-state index in [1.54, 1.807) is 6.33 Å². The average molecular weight is 312 g/mol. The van der Waals surface area contributed by atoms with Gasteiger partial charge in [0.1, 0.15) is 11.6 Å². The molecule has 0 fully saturated rings. The standard InChI is InChI=1S/C16H13FN4O2/c17-12-3-2-11(15(22)7-12)8-20-21-16(23)6-10-1-4-13-14(5-10)19-9-18-13/h1-5,7-9,22H,6H2,(H,18,19)(H,21,23)/b20-8+. The average Bonchev–Trinajstić information content (AvgIpc) is 2.97. The summed E-state index contributed by atoms with van der Waals surface area (Å²) >= 11 is 0. The van der Waals surface area contributed by atoms with E-state index >= 15 is 0 Å². The zero-order chi connectivity index (χ0) is 16.2. The minimum atomic E-state index is -0.544. The van der Waals surface area contributed by atoms with Crippen LogP contribution in [0.25, 0.3) is 11.0 Å². The predicted molar refractivity (Wildman–Crippen MR) is 83.6 cm³/mol. The summed E-state index contributed by atoms with van der Waals surface area (Å²) in [4.78, 5) is 18.9. The molecule has 1 aromatic heterocycles. The van der Waals surface area contributed by atoms with E-state index in [0.29, 0.717) is 5.56 Å².